The topological polar surface area (TPSA) is 101 Å². The molecule has 0 radical (unpaired) electrons. The minimum Gasteiger partial charge on any atom is -0.507 e. The van der Waals surface area contributed by atoms with Gasteiger partial charge in [0.05, 0.1) is 11.7 Å². The van der Waals surface area contributed by atoms with E-state index in [4.69, 9.17) is 4.42 Å². The number of aromatic nitrogens is 1. The average Bonchev–Trinajstić information content (AvgIpc) is 3.51. The van der Waals surface area contributed by atoms with Crippen molar-refractivity contribution in [2.24, 2.45) is 0 Å². The highest BCUT2D eigenvalue weighted by atomic mass is 32.2. The number of aromatic hydroxyl groups is 1. The lowest BCUT2D eigenvalue weighted by molar-refractivity contribution is -0.122. The van der Waals surface area contributed by atoms with Crippen LogP contribution < -0.4 is 0 Å². The summed E-state index contributed by atoms with van der Waals surface area (Å²) in [5.41, 5.74) is 1.81. The van der Waals surface area contributed by atoms with Crippen LogP contribution in [0.5, 0.6) is 5.75 Å². The normalized spacial score (nSPS) is 16.6. The summed E-state index contributed by atoms with van der Waals surface area (Å²) in [6, 6.07) is 11.3. The summed E-state index contributed by atoms with van der Waals surface area (Å²) < 4.78 is 60.0. The van der Waals surface area contributed by atoms with E-state index >= 15 is 0 Å². The van der Waals surface area contributed by atoms with Crippen molar-refractivity contribution in [3.05, 3.63) is 78.0 Å². The molecule has 3 heterocycles. The molecule has 1 aliphatic rings. The Kier molecular flexibility index (Phi) is 6.31. The second-order valence-electron chi connectivity index (χ2n) is 8.70. The average molecular weight is 513 g/mol. The molecule has 4 aromatic rings. The molecule has 1 N–H and O–H groups in total. The van der Waals surface area contributed by atoms with Crippen molar-refractivity contribution in [1.29, 1.82) is 0 Å². The van der Waals surface area contributed by atoms with Gasteiger partial charge in [0, 0.05) is 42.2 Å². The van der Waals surface area contributed by atoms with Crippen molar-refractivity contribution < 1.29 is 31.5 Å². The molecule has 2 aromatic heterocycles. The number of nitrogens with zero attached hydrogens (tertiary/aromatic N) is 2. The van der Waals surface area contributed by atoms with Crippen LogP contribution >= 0.6 is 0 Å². The number of aryl methyl sites for hydroxylation is 1. The molecule has 0 amide bonds. The van der Waals surface area contributed by atoms with Crippen molar-refractivity contribution in [2.75, 3.05) is 6.54 Å². The van der Waals surface area contributed by atoms with Gasteiger partial charge in [-0.15, -0.1) is 0 Å². The van der Waals surface area contributed by atoms with Crippen LogP contribution in [0.1, 0.15) is 24.8 Å². The lowest BCUT2D eigenvalue weighted by Gasteiger charge is -2.21. The summed E-state index contributed by atoms with van der Waals surface area (Å²) in [5, 5.41) is 10.0. The van der Waals surface area contributed by atoms with Crippen molar-refractivity contribution in [3.8, 4) is 17.0 Å². The number of sulfonamides is 1. The fraction of sp³-hybridized carbons (Fsp3) is 0.231. The van der Waals surface area contributed by atoms with Gasteiger partial charge in [0.15, 0.2) is 5.78 Å². The van der Waals surface area contributed by atoms with Gasteiger partial charge in [-0.1, -0.05) is 0 Å². The largest absolute Gasteiger partial charge is 0.507 e. The summed E-state index contributed by atoms with van der Waals surface area (Å²) in [4.78, 5) is 17.3. The van der Waals surface area contributed by atoms with Gasteiger partial charge in [-0.05, 0) is 67.3 Å². The van der Waals surface area contributed by atoms with E-state index in [-0.39, 0.29) is 35.2 Å². The number of carbonyl (C=O) groups is 1. The van der Waals surface area contributed by atoms with E-state index in [1.807, 2.05) is 0 Å². The number of hydrogen-bond acceptors (Lipinski definition) is 6. The summed E-state index contributed by atoms with van der Waals surface area (Å²) in [6.07, 6.45) is 2.91. The highest BCUT2D eigenvalue weighted by Gasteiger charge is 2.40. The highest BCUT2D eigenvalue weighted by Crippen LogP contribution is 2.32. The molecule has 2 aromatic carbocycles. The molecule has 186 valence electrons. The van der Waals surface area contributed by atoms with Crippen molar-refractivity contribution >= 4 is 26.8 Å². The maximum absolute atomic E-state index is 13.5. The quantitative estimate of drug-likeness (QED) is 0.381. The summed E-state index contributed by atoms with van der Waals surface area (Å²) >= 11 is 0. The molecule has 0 spiro atoms. The summed E-state index contributed by atoms with van der Waals surface area (Å²) in [6.45, 7) is 0.188. The van der Waals surface area contributed by atoms with Crippen LogP contribution in [-0.4, -0.2) is 41.2 Å². The number of Topliss-reactive ketones (excluding diaryl/α,β-unsaturated/α-hetero) is 1. The van der Waals surface area contributed by atoms with Crippen LogP contribution in [0.3, 0.4) is 0 Å². The van der Waals surface area contributed by atoms with Gasteiger partial charge in [-0.2, -0.15) is 4.31 Å². The van der Waals surface area contributed by atoms with Gasteiger partial charge in [0.2, 0.25) is 5.09 Å². The van der Waals surface area contributed by atoms with Gasteiger partial charge in [0.1, 0.15) is 23.0 Å². The molecule has 0 bridgehead atoms. The molecular weight excluding hydrogens is 490 g/mol. The van der Waals surface area contributed by atoms with E-state index in [0.717, 1.165) is 15.9 Å². The van der Waals surface area contributed by atoms with E-state index < -0.39 is 27.7 Å². The van der Waals surface area contributed by atoms with Crippen LogP contribution in [0.4, 0.5) is 8.78 Å². The zero-order chi connectivity index (χ0) is 25.4. The monoisotopic (exact) mass is 512 g/mol. The number of pyridine rings is 1. The van der Waals surface area contributed by atoms with Gasteiger partial charge < -0.3 is 9.52 Å². The molecule has 0 saturated carbocycles. The van der Waals surface area contributed by atoms with Gasteiger partial charge in [-0.25, -0.2) is 17.2 Å². The molecule has 1 aliphatic heterocycles. The summed E-state index contributed by atoms with van der Waals surface area (Å²) in [7, 11) is -4.09. The number of rotatable bonds is 7. The minimum atomic E-state index is -4.09. The molecule has 10 heteroatoms. The van der Waals surface area contributed by atoms with Crippen molar-refractivity contribution in [2.45, 2.75) is 36.8 Å². The van der Waals surface area contributed by atoms with Crippen LogP contribution in [0.15, 0.2) is 70.3 Å². The number of ketones is 1. The molecule has 1 atom stereocenters. The number of furan rings is 1. The Balaban J connectivity index is 1.31. The first-order valence-corrected chi connectivity index (χ1v) is 12.8. The van der Waals surface area contributed by atoms with E-state index in [2.05, 4.69) is 4.98 Å². The van der Waals surface area contributed by atoms with Crippen LogP contribution in [-0.2, 0) is 21.2 Å². The number of carbonyl (C=O) groups excluding carboxylic acids is 1. The van der Waals surface area contributed by atoms with E-state index in [1.54, 1.807) is 12.1 Å². The maximum atomic E-state index is 13.5. The van der Waals surface area contributed by atoms with Crippen LogP contribution in [0.25, 0.3) is 22.2 Å². The lowest BCUT2D eigenvalue weighted by Crippen LogP contribution is -2.40. The Hall–Kier alpha value is -3.63. The van der Waals surface area contributed by atoms with Gasteiger partial charge >= 0.3 is 0 Å². The second-order valence-corrected chi connectivity index (χ2v) is 10.5. The first-order chi connectivity index (χ1) is 17.2. The lowest BCUT2D eigenvalue weighted by atomic mass is 10.0. The fourth-order valence-corrected chi connectivity index (χ4v) is 6.14. The number of fused-ring (bicyclic) bond motifs is 1. The Morgan fingerprint density at radius 2 is 1.86 bits per heavy atom. The first kappa shape index (κ1) is 24.1. The van der Waals surface area contributed by atoms with Crippen LogP contribution in [0.2, 0.25) is 0 Å². The zero-order valence-corrected chi connectivity index (χ0v) is 19.8. The van der Waals surface area contributed by atoms with Gasteiger partial charge in [-0.3, -0.25) is 9.78 Å². The third kappa shape index (κ3) is 4.61. The Labute approximate surface area is 206 Å². The number of benzene rings is 2. The number of halogens is 2. The zero-order valence-electron chi connectivity index (χ0n) is 19.0. The molecule has 0 unspecified atom stereocenters. The molecule has 36 heavy (non-hydrogen) atoms. The van der Waals surface area contributed by atoms with E-state index in [0.29, 0.717) is 35.9 Å². The predicted molar refractivity (Wildman–Crippen MR) is 128 cm³/mol. The third-order valence-corrected chi connectivity index (χ3v) is 8.08. The molecule has 5 rings (SSSR count). The number of hydrogen-bond donors (Lipinski definition) is 1. The second kappa shape index (κ2) is 9.44. The Morgan fingerprint density at radius 1 is 1.08 bits per heavy atom. The van der Waals surface area contributed by atoms with Crippen molar-refractivity contribution in [1.82, 2.24) is 9.29 Å². The molecular formula is C26H22F2N2O5S. The fourth-order valence-electron chi connectivity index (χ4n) is 4.51. The van der Waals surface area contributed by atoms with Gasteiger partial charge in [0.25, 0.3) is 10.0 Å². The molecule has 1 fully saturated rings. The van der Waals surface area contributed by atoms with E-state index in [1.165, 1.54) is 42.6 Å². The number of phenolic OH excluding ortho intramolecular Hbond substituents is 1. The molecule has 1 saturated heterocycles. The SMILES string of the molecule is O=C(CCc1ccnc(-c2ccc(F)cc2O)c1)[C@@H]1CCCN1S(=O)(=O)c1cc2cc(F)ccc2o1. The first-order valence-electron chi connectivity index (χ1n) is 11.4. The maximum Gasteiger partial charge on any atom is 0.277 e. The number of phenols is 1. The summed E-state index contributed by atoms with van der Waals surface area (Å²) in [5.74, 6) is -1.53. The van der Waals surface area contributed by atoms with Crippen LogP contribution in [0, 0.1) is 11.6 Å². The highest BCUT2D eigenvalue weighted by molar-refractivity contribution is 7.89. The van der Waals surface area contributed by atoms with Crippen molar-refractivity contribution in [3.63, 3.8) is 0 Å². The third-order valence-electron chi connectivity index (χ3n) is 6.31. The minimum absolute atomic E-state index is 0.0981. The predicted octanol–water partition coefficient (Wildman–Crippen LogP) is 4.83. The molecule has 7 nitrogen and oxygen atoms in total. The Morgan fingerprint density at radius 3 is 2.67 bits per heavy atom. The molecule has 0 aliphatic carbocycles. The standard InChI is InChI=1S/C26H22F2N2O5S/c27-18-5-8-25-17(13-18)14-26(35-25)36(33,34)30-11-1-2-22(30)23(31)7-3-16-9-10-29-21(12-16)20-6-4-19(28)15-24(20)32/h4-6,8-10,12-15,22,32H,1-3,7,11H2/t22-/m0/s1. The Bertz CT molecular complexity index is 1570. The smallest absolute Gasteiger partial charge is 0.277 e. The van der Waals surface area contributed by atoms with E-state index in [9.17, 15) is 27.1 Å².